The predicted octanol–water partition coefficient (Wildman–Crippen LogP) is 3.18. The first-order chi connectivity index (χ1) is 9.86. The molecule has 7 heteroatoms. The molecule has 4 nitrogen and oxygen atoms in total. The van der Waals surface area contributed by atoms with E-state index in [4.69, 9.17) is 5.11 Å². The average molecular weight is 302 g/mol. The molecular formula is C14H17F3N2O2. The lowest BCUT2D eigenvalue weighted by Crippen LogP contribution is -2.36. The van der Waals surface area contributed by atoms with Gasteiger partial charge in [0.25, 0.3) is 0 Å². The van der Waals surface area contributed by atoms with Gasteiger partial charge in [-0.1, -0.05) is 0 Å². The molecule has 0 aromatic carbocycles. The molecule has 1 aliphatic heterocycles. The quantitative estimate of drug-likeness (QED) is 0.928. The number of aliphatic carboxylic acids is 1. The topological polar surface area (TPSA) is 53.4 Å². The third-order valence-electron chi connectivity index (χ3n) is 3.68. The zero-order valence-corrected chi connectivity index (χ0v) is 11.4. The van der Waals surface area contributed by atoms with Crippen molar-refractivity contribution in [2.75, 3.05) is 18.0 Å². The van der Waals surface area contributed by atoms with Crippen LogP contribution >= 0.6 is 0 Å². The van der Waals surface area contributed by atoms with Crippen LogP contribution in [0.15, 0.2) is 18.3 Å². The lowest BCUT2D eigenvalue weighted by atomic mass is 9.93. The second-order valence-electron chi connectivity index (χ2n) is 5.29. The van der Waals surface area contributed by atoms with Crippen molar-refractivity contribution in [1.29, 1.82) is 0 Å². The molecular weight excluding hydrogens is 285 g/mol. The molecule has 0 amide bonds. The zero-order valence-electron chi connectivity index (χ0n) is 11.4. The Balaban J connectivity index is 1.99. The van der Waals surface area contributed by atoms with Gasteiger partial charge in [-0.25, -0.2) is 4.98 Å². The van der Waals surface area contributed by atoms with Gasteiger partial charge in [-0.05, 0) is 37.3 Å². The Bertz CT molecular complexity index is 488. The molecule has 2 heterocycles. The highest BCUT2D eigenvalue weighted by Crippen LogP contribution is 2.30. The number of nitrogens with zero attached hydrogens (tertiary/aromatic N) is 2. The van der Waals surface area contributed by atoms with Crippen LogP contribution in [-0.4, -0.2) is 29.1 Å². The van der Waals surface area contributed by atoms with Crippen LogP contribution in [0.1, 0.15) is 31.2 Å². The van der Waals surface area contributed by atoms with Gasteiger partial charge in [-0.3, -0.25) is 4.79 Å². The minimum absolute atomic E-state index is 0.124. The Labute approximate surface area is 120 Å². The molecule has 116 valence electrons. The number of carboxylic acids is 1. The van der Waals surface area contributed by atoms with E-state index in [1.54, 1.807) is 0 Å². The van der Waals surface area contributed by atoms with Crippen molar-refractivity contribution in [1.82, 2.24) is 4.98 Å². The second kappa shape index (κ2) is 6.32. The van der Waals surface area contributed by atoms with Gasteiger partial charge in [-0.15, -0.1) is 0 Å². The molecule has 0 radical (unpaired) electrons. The number of carbonyl (C=O) groups is 1. The Morgan fingerprint density at radius 1 is 1.43 bits per heavy atom. The van der Waals surface area contributed by atoms with Crippen LogP contribution in [0, 0.1) is 5.92 Å². The van der Waals surface area contributed by atoms with Gasteiger partial charge < -0.3 is 10.0 Å². The van der Waals surface area contributed by atoms with Gasteiger partial charge in [-0.2, -0.15) is 13.2 Å². The van der Waals surface area contributed by atoms with Crippen LogP contribution in [0.3, 0.4) is 0 Å². The van der Waals surface area contributed by atoms with E-state index in [1.165, 1.54) is 6.07 Å². The third kappa shape index (κ3) is 4.34. The summed E-state index contributed by atoms with van der Waals surface area (Å²) in [5.41, 5.74) is -0.759. The van der Waals surface area contributed by atoms with E-state index in [1.807, 2.05) is 4.90 Å². The van der Waals surface area contributed by atoms with Crippen molar-refractivity contribution in [2.45, 2.75) is 31.9 Å². The Kier molecular flexibility index (Phi) is 4.69. The Morgan fingerprint density at radius 2 is 2.19 bits per heavy atom. The van der Waals surface area contributed by atoms with Crippen molar-refractivity contribution >= 4 is 11.8 Å². The number of hydrogen-bond donors (Lipinski definition) is 1. The van der Waals surface area contributed by atoms with Crippen LogP contribution in [0.25, 0.3) is 0 Å². The number of halogens is 3. The van der Waals surface area contributed by atoms with Crippen molar-refractivity contribution in [3.63, 3.8) is 0 Å². The summed E-state index contributed by atoms with van der Waals surface area (Å²) in [5, 5.41) is 8.70. The maximum Gasteiger partial charge on any atom is 0.417 e. The first-order valence-electron chi connectivity index (χ1n) is 6.86. The average Bonchev–Trinajstić information content (AvgIpc) is 2.45. The summed E-state index contributed by atoms with van der Waals surface area (Å²) in [6.45, 7) is 1.38. The highest BCUT2D eigenvalue weighted by molar-refractivity contribution is 5.66. The fourth-order valence-electron chi connectivity index (χ4n) is 2.58. The highest BCUT2D eigenvalue weighted by atomic mass is 19.4. The number of piperidine rings is 1. The van der Waals surface area contributed by atoms with Crippen LogP contribution in [0.5, 0.6) is 0 Å². The van der Waals surface area contributed by atoms with Crippen molar-refractivity contribution < 1.29 is 23.1 Å². The van der Waals surface area contributed by atoms with Crippen molar-refractivity contribution in [3.05, 3.63) is 23.9 Å². The summed E-state index contributed by atoms with van der Waals surface area (Å²) in [4.78, 5) is 16.4. The standard InChI is InChI=1S/C14H17F3N2O2/c15-14(16,17)11-4-5-12(18-8-11)19-7-1-2-10(9-19)3-6-13(20)21/h4-5,8,10H,1-3,6-7,9H2,(H,20,21). The number of pyridine rings is 1. The maximum absolute atomic E-state index is 12.5. The van der Waals surface area contributed by atoms with Crippen LogP contribution in [-0.2, 0) is 11.0 Å². The molecule has 1 N–H and O–H groups in total. The van der Waals surface area contributed by atoms with Crippen molar-refractivity contribution in [3.8, 4) is 0 Å². The van der Waals surface area contributed by atoms with Crippen molar-refractivity contribution in [2.24, 2.45) is 5.92 Å². The van der Waals surface area contributed by atoms with E-state index < -0.39 is 17.7 Å². The molecule has 1 fully saturated rings. The van der Waals surface area contributed by atoms with Gasteiger partial charge in [0.15, 0.2) is 0 Å². The van der Waals surface area contributed by atoms with Gasteiger partial charge in [0.1, 0.15) is 5.82 Å². The predicted molar refractivity (Wildman–Crippen MR) is 71.0 cm³/mol. The minimum atomic E-state index is -4.38. The van der Waals surface area contributed by atoms with E-state index >= 15 is 0 Å². The molecule has 1 aliphatic rings. The number of hydrogen-bond acceptors (Lipinski definition) is 3. The first-order valence-corrected chi connectivity index (χ1v) is 6.86. The number of anilines is 1. The van der Waals surface area contributed by atoms with Crippen LogP contribution in [0.4, 0.5) is 19.0 Å². The Morgan fingerprint density at radius 3 is 2.76 bits per heavy atom. The molecule has 1 saturated heterocycles. The van der Waals surface area contributed by atoms with E-state index in [9.17, 15) is 18.0 Å². The normalized spacial score (nSPS) is 19.6. The summed E-state index contributed by atoms with van der Waals surface area (Å²) in [7, 11) is 0. The summed E-state index contributed by atoms with van der Waals surface area (Å²) in [6.07, 6.45) is -0.976. The lowest BCUT2D eigenvalue weighted by molar-refractivity contribution is -0.138. The second-order valence-corrected chi connectivity index (χ2v) is 5.29. The van der Waals surface area contributed by atoms with E-state index in [-0.39, 0.29) is 12.3 Å². The molecule has 1 aromatic heterocycles. The van der Waals surface area contributed by atoms with Gasteiger partial charge in [0.2, 0.25) is 0 Å². The fraction of sp³-hybridized carbons (Fsp3) is 0.571. The Hall–Kier alpha value is -1.79. The van der Waals surface area contributed by atoms with E-state index in [0.717, 1.165) is 31.6 Å². The molecule has 1 aromatic rings. The highest BCUT2D eigenvalue weighted by Gasteiger charge is 2.31. The fourth-order valence-corrected chi connectivity index (χ4v) is 2.58. The van der Waals surface area contributed by atoms with E-state index in [2.05, 4.69) is 4.98 Å². The molecule has 21 heavy (non-hydrogen) atoms. The van der Waals surface area contributed by atoms with Gasteiger partial charge in [0.05, 0.1) is 5.56 Å². The molecule has 1 atom stereocenters. The maximum atomic E-state index is 12.5. The minimum Gasteiger partial charge on any atom is -0.481 e. The summed E-state index contributed by atoms with van der Waals surface area (Å²) in [5.74, 6) is -0.0539. The molecule has 0 bridgehead atoms. The number of carboxylic acid groups (broad SMARTS) is 1. The third-order valence-corrected chi connectivity index (χ3v) is 3.68. The zero-order chi connectivity index (χ0) is 15.5. The first kappa shape index (κ1) is 15.6. The molecule has 2 rings (SSSR count). The molecule has 1 unspecified atom stereocenters. The SMILES string of the molecule is O=C(O)CCC1CCCN(c2ccc(C(F)(F)F)cn2)C1. The molecule has 0 saturated carbocycles. The lowest BCUT2D eigenvalue weighted by Gasteiger charge is -2.33. The van der Waals surface area contributed by atoms with Crippen LogP contribution < -0.4 is 4.90 Å². The monoisotopic (exact) mass is 302 g/mol. The number of aromatic nitrogens is 1. The number of rotatable bonds is 4. The summed E-state index contributed by atoms with van der Waals surface area (Å²) in [6, 6.07) is 2.41. The number of alkyl halides is 3. The van der Waals surface area contributed by atoms with Gasteiger partial charge >= 0.3 is 12.1 Å². The molecule has 0 aliphatic carbocycles. The molecule has 0 spiro atoms. The summed E-state index contributed by atoms with van der Waals surface area (Å²) < 4.78 is 37.5. The van der Waals surface area contributed by atoms with E-state index in [0.29, 0.717) is 18.8 Å². The van der Waals surface area contributed by atoms with Gasteiger partial charge in [0, 0.05) is 25.7 Å². The summed E-state index contributed by atoms with van der Waals surface area (Å²) >= 11 is 0. The van der Waals surface area contributed by atoms with Crippen LogP contribution in [0.2, 0.25) is 0 Å². The smallest absolute Gasteiger partial charge is 0.417 e. The largest absolute Gasteiger partial charge is 0.481 e.